The number of halogens is 1. The van der Waals surface area contributed by atoms with Crippen molar-refractivity contribution in [3.8, 4) is 5.75 Å². The summed E-state index contributed by atoms with van der Waals surface area (Å²) in [6.07, 6.45) is -1.16. The normalized spacial score (nSPS) is 9.90. The number of rotatable bonds is 2. The molecular formula is C14H25IN2O3. The molecule has 0 saturated carbocycles. The number of nitrogens with zero attached hydrogens (tertiary/aromatic N) is 2. The Morgan fingerprint density at radius 2 is 1.80 bits per heavy atom. The molecule has 0 aromatic heterocycles. The second-order valence-corrected chi connectivity index (χ2v) is 5.13. The van der Waals surface area contributed by atoms with Crippen LogP contribution in [-0.4, -0.2) is 50.8 Å². The van der Waals surface area contributed by atoms with Crippen LogP contribution in [0.25, 0.3) is 0 Å². The maximum absolute atomic E-state index is 9.51. The molecule has 1 rings (SSSR count). The van der Waals surface area contributed by atoms with E-state index in [4.69, 9.17) is 0 Å². The number of carbonyl (C=O) groups excluding carboxylic acids is 1. The van der Waals surface area contributed by atoms with Crippen molar-refractivity contribution in [3.63, 3.8) is 0 Å². The van der Waals surface area contributed by atoms with Crippen molar-refractivity contribution in [1.82, 2.24) is 9.38 Å². The molecule has 0 spiro atoms. The van der Waals surface area contributed by atoms with E-state index in [9.17, 15) is 15.0 Å². The summed E-state index contributed by atoms with van der Waals surface area (Å²) in [5.74, 6) is 0.345. The number of carbonyl (C=O) groups is 1. The Labute approximate surface area is 138 Å². The fourth-order valence-corrected chi connectivity index (χ4v) is 1.49. The summed E-state index contributed by atoms with van der Waals surface area (Å²) in [5, 5.41) is 18.8. The number of hydrogen-bond donors (Lipinski definition) is 1. The first kappa shape index (κ1) is 21.3. The Bertz CT molecular complexity index is 434. The van der Waals surface area contributed by atoms with Gasteiger partial charge in [-0.3, -0.25) is 4.48 Å². The number of aryl methyl sites for hydroxylation is 1. The summed E-state index contributed by atoms with van der Waals surface area (Å²) >= 11 is 0. The van der Waals surface area contributed by atoms with E-state index >= 15 is 0 Å². The molecule has 116 valence electrons. The van der Waals surface area contributed by atoms with Crippen LogP contribution in [0.1, 0.15) is 12.5 Å². The molecule has 0 unspecified atom stereocenters. The Morgan fingerprint density at radius 3 is 2.10 bits per heavy atom. The summed E-state index contributed by atoms with van der Waals surface area (Å²) in [6.45, 7) is 5.24. The van der Waals surface area contributed by atoms with Gasteiger partial charge >= 0.3 is 0 Å². The molecule has 0 saturated heterocycles. The zero-order valence-electron chi connectivity index (χ0n) is 13.0. The molecule has 0 aliphatic rings. The smallest absolute Gasteiger partial charge is 0.136 e. The first-order valence-corrected chi connectivity index (χ1v) is 6.13. The second kappa shape index (κ2) is 9.02. The van der Waals surface area contributed by atoms with E-state index < -0.39 is 6.09 Å². The van der Waals surface area contributed by atoms with Crippen LogP contribution in [0.15, 0.2) is 18.2 Å². The van der Waals surface area contributed by atoms with Crippen molar-refractivity contribution in [2.45, 2.75) is 13.8 Å². The average molecular weight is 396 g/mol. The van der Waals surface area contributed by atoms with Crippen LogP contribution in [0.3, 0.4) is 0 Å². The Morgan fingerprint density at radius 1 is 1.35 bits per heavy atom. The van der Waals surface area contributed by atoms with Gasteiger partial charge in [-0.15, -0.1) is 24.0 Å². The van der Waals surface area contributed by atoms with Crippen LogP contribution in [0.5, 0.6) is 5.75 Å². The van der Waals surface area contributed by atoms with E-state index in [2.05, 4.69) is 21.0 Å². The molecule has 0 heterocycles. The molecule has 0 fully saturated rings. The summed E-state index contributed by atoms with van der Waals surface area (Å²) in [5.41, 5.74) is 2.41. The van der Waals surface area contributed by atoms with E-state index in [0.29, 0.717) is 5.75 Å². The van der Waals surface area contributed by atoms with Crippen LogP contribution in [0.2, 0.25) is 0 Å². The van der Waals surface area contributed by atoms with Gasteiger partial charge in [0.05, 0.1) is 20.6 Å². The molecule has 1 amide bonds. The molecule has 0 radical (unpaired) electrons. The van der Waals surface area contributed by atoms with Crippen molar-refractivity contribution in [2.24, 2.45) is 0 Å². The lowest BCUT2D eigenvalue weighted by Gasteiger charge is -2.29. The van der Waals surface area contributed by atoms with Gasteiger partial charge in [0, 0.05) is 25.7 Å². The van der Waals surface area contributed by atoms with Crippen molar-refractivity contribution in [1.29, 1.82) is 0 Å². The number of amides is 1. The second-order valence-electron chi connectivity index (χ2n) is 5.13. The number of benzene rings is 1. The first-order chi connectivity index (χ1) is 8.61. The standard InChI is InChI=1S/C11H17NO.C3H7NO2.HI/c1-5-12(3,4)11-7-6-10(13)8-9(11)2;1-4(2)3(5)6;/h6-8H,5H2,1-4H3;1-2H3,(H,5,6);1H. The molecule has 1 aromatic rings. The summed E-state index contributed by atoms with van der Waals surface area (Å²) in [6, 6.07) is 5.55. The average Bonchev–Trinajstić information content (AvgIpc) is 2.29. The fourth-order valence-electron chi connectivity index (χ4n) is 1.49. The Hall–Kier alpha value is -1.02. The highest BCUT2D eigenvalue weighted by Crippen LogP contribution is 2.26. The molecular weight excluding hydrogens is 371 g/mol. The van der Waals surface area contributed by atoms with Crippen molar-refractivity contribution < 1.29 is 15.0 Å². The van der Waals surface area contributed by atoms with Gasteiger partial charge in [0.1, 0.15) is 17.5 Å². The van der Waals surface area contributed by atoms with Crippen LogP contribution < -0.4 is 9.59 Å². The van der Waals surface area contributed by atoms with Gasteiger partial charge in [-0.2, -0.15) is 0 Å². The molecule has 0 aliphatic carbocycles. The highest BCUT2D eigenvalue weighted by Gasteiger charge is 2.18. The van der Waals surface area contributed by atoms with Gasteiger partial charge in [-0.25, -0.2) is 0 Å². The van der Waals surface area contributed by atoms with E-state index in [1.807, 2.05) is 19.1 Å². The number of quaternary nitrogens is 1. The Kier molecular flexibility index (Phi) is 9.59. The molecule has 6 heteroatoms. The van der Waals surface area contributed by atoms with Gasteiger partial charge in [-0.1, -0.05) is 0 Å². The molecule has 1 aromatic carbocycles. The molecule has 1 N–H and O–H groups in total. The zero-order chi connectivity index (χ0) is 15.2. The number of carboxylic acid groups (broad SMARTS) is 1. The SMILES string of the molecule is CC[N+](C)(C)c1ccc(O)cc1C.CN(C)C(=O)[O-].I. The van der Waals surface area contributed by atoms with Crippen molar-refractivity contribution in [2.75, 3.05) is 34.7 Å². The van der Waals surface area contributed by atoms with Gasteiger partial charge in [-0.05, 0) is 26.0 Å². The maximum atomic E-state index is 9.51. The predicted molar refractivity (Wildman–Crippen MR) is 91.5 cm³/mol. The van der Waals surface area contributed by atoms with Gasteiger partial charge < -0.3 is 19.9 Å². The van der Waals surface area contributed by atoms with Gasteiger partial charge in [0.25, 0.3) is 0 Å². The quantitative estimate of drug-likeness (QED) is 0.613. The van der Waals surface area contributed by atoms with Crippen LogP contribution >= 0.6 is 24.0 Å². The fraction of sp³-hybridized carbons (Fsp3) is 0.500. The van der Waals surface area contributed by atoms with Crippen LogP contribution in [0.4, 0.5) is 10.5 Å². The van der Waals surface area contributed by atoms with Gasteiger partial charge in [0.15, 0.2) is 0 Å². The third kappa shape index (κ3) is 6.95. The monoisotopic (exact) mass is 396 g/mol. The molecule has 20 heavy (non-hydrogen) atoms. The maximum Gasteiger partial charge on any atom is 0.136 e. The summed E-state index contributed by atoms with van der Waals surface area (Å²) in [7, 11) is 7.16. The van der Waals surface area contributed by atoms with E-state index in [1.54, 1.807) is 6.07 Å². The van der Waals surface area contributed by atoms with Crippen LogP contribution in [0, 0.1) is 6.92 Å². The molecule has 0 atom stereocenters. The highest BCUT2D eigenvalue weighted by molar-refractivity contribution is 14.0. The molecule has 5 nitrogen and oxygen atoms in total. The lowest BCUT2D eigenvalue weighted by molar-refractivity contribution is -0.262. The lowest BCUT2D eigenvalue weighted by Crippen LogP contribution is -2.40. The van der Waals surface area contributed by atoms with Crippen LogP contribution in [-0.2, 0) is 0 Å². The first-order valence-electron chi connectivity index (χ1n) is 6.13. The molecule has 0 aliphatic heterocycles. The van der Waals surface area contributed by atoms with E-state index in [-0.39, 0.29) is 24.0 Å². The third-order valence-electron chi connectivity index (χ3n) is 2.99. The summed E-state index contributed by atoms with van der Waals surface area (Å²) in [4.78, 5) is 10.5. The van der Waals surface area contributed by atoms with Crippen molar-refractivity contribution >= 4 is 35.8 Å². The van der Waals surface area contributed by atoms with E-state index in [0.717, 1.165) is 21.5 Å². The minimum absolute atomic E-state index is 0. The third-order valence-corrected chi connectivity index (χ3v) is 2.99. The number of phenolic OH excluding ortho intramolecular Hbond substituents is 1. The largest absolute Gasteiger partial charge is 0.530 e. The highest BCUT2D eigenvalue weighted by atomic mass is 127. The number of hydrogen-bond acceptors (Lipinski definition) is 3. The Balaban J connectivity index is 0. The number of phenols is 1. The summed E-state index contributed by atoms with van der Waals surface area (Å²) < 4.78 is 0.853. The topological polar surface area (TPSA) is 63.6 Å². The van der Waals surface area contributed by atoms with Crippen molar-refractivity contribution in [3.05, 3.63) is 23.8 Å². The predicted octanol–water partition coefficient (Wildman–Crippen LogP) is 1.80. The minimum Gasteiger partial charge on any atom is -0.530 e. The van der Waals surface area contributed by atoms with Gasteiger partial charge in [0.2, 0.25) is 0 Å². The lowest BCUT2D eigenvalue weighted by atomic mass is 10.1. The van der Waals surface area contributed by atoms with E-state index in [1.165, 1.54) is 19.8 Å². The molecule has 0 bridgehead atoms. The number of aromatic hydroxyl groups is 1. The zero-order valence-corrected chi connectivity index (χ0v) is 15.3. The minimum atomic E-state index is -1.16.